The van der Waals surface area contributed by atoms with Crippen LogP contribution in [0.15, 0.2) is 24.3 Å². The molecule has 0 aromatic heterocycles. The van der Waals surface area contributed by atoms with Crippen LogP contribution in [0.5, 0.6) is 5.75 Å². The summed E-state index contributed by atoms with van der Waals surface area (Å²) in [5.74, 6) is 1.64. The van der Waals surface area contributed by atoms with Gasteiger partial charge in [-0.3, -0.25) is 0 Å². The monoisotopic (exact) mass is 262 g/mol. The van der Waals surface area contributed by atoms with Crippen molar-refractivity contribution in [2.24, 2.45) is 11.8 Å². The van der Waals surface area contributed by atoms with E-state index in [2.05, 4.69) is 17.6 Å². The summed E-state index contributed by atoms with van der Waals surface area (Å²) in [6.07, 6.45) is 4.96. The molecule has 2 rings (SSSR count). The molecule has 1 aliphatic rings. The molecule has 104 valence electrons. The second-order valence-corrected chi connectivity index (χ2v) is 5.51. The van der Waals surface area contributed by atoms with Gasteiger partial charge in [0.25, 0.3) is 0 Å². The van der Waals surface area contributed by atoms with Crippen LogP contribution in [-0.4, -0.2) is 17.7 Å². The second-order valence-electron chi connectivity index (χ2n) is 5.51. The SMILES string of the molecule is CC1CCC(CNC(=O)Nc2ccc(O)cc2)CC1. The van der Waals surface area contributed by atoms with Crippen molar-refractivity contribution < 1.29 is 9.90 Å². The predicted molar refractivity (Wildman–Crippen MR) is 76.3 cm³/mol. The van der Waals surface area contributed by atoms with E-state index in [-0.39, 0.29) is 11.8 Å². The van der Waals surface area contributed by atoms with E-state index in [1.807, 2.05) is 0 Å². The molecule has 1 saturated carbocycles. The number of hydrogen-bond donors (Lipinski definition) is 3. The van der Waals surface area contributed by atoms with Gasteiger partial charge in [0.1, 0.15) is 5.75 Å². The Morgan fingerprint density at radius 2 is 1.84 bits per heavy atom. The van der Waals surface area contributed by atoms with E-state index in [4.69, 9.17) is 5.11 Å². The van der Waals surface area contributed by atoms with E-state index in [0.29, 0.717) is 11.6 Å². The van der Waals surface area contributed by atoms with Crippen LogP contribution in [0, 0.1) is 11.8 Å². The number of anilines is 1. The summed E-state index contributed by atoms with van der Waals surface area (Å²) >= 11 is 0. The van der Waals surface area contributed by atoms with Crippen molar-refractivity contribution in [1.82, 2.24) is 5.32 Å². The maximum absolute atomic E-state index is 11.7. The average Bonchev–Trinajstić information content (AvgIpc) is 2.41. The van der Waals surface area contributed by atoms with Gasteiger partial charge in [-0.25, -0.2) is 4.79 Å². The molecule has 0 saturated heterocycles. The molecule has 19 heavy (non-hydrogen) atoms. The highest BCUT2D eigenvalue weighted by atomic mass is 16.3. The minimum absolute atomic E-state index is 0.177. The first-order chi connectivity index (χ1) is 9.13. The Balaban J connectivity index is 1.71. The number of amides is 2. The van der Waals surface area contributed by atoms with Crippen molar-refractivity contribution in [3.8, 4) is 5.75 Å². The molecule has 0 atom stereocenters. The summed E-state index contributed by atoms with van der Waals surface area (Å²) in [6, 6.07) is 6.29. The van der Waals surface area contributed by atoms with E-state index < -0.39 is 0 Å². The summed E-state index contributed by atoms with van der Waals surface area (Å²) in [6.45, 7) is 3.04. The molecule has 1 aliphatic carbocycles. The fraction of sp³-hybridized carbons (Fsp3) is 0.533. The van der Waals surface area contributed by atoms with Crippen molar-refractivity contribution in [2.75, 3.05) is 11.9 Å². The first-order valence-corrected chi connectivity index (χ1v) is 6.97. The topological polar surface area (TPSA) is 61.4 Å². The Kier molecular flexibility index (Phi) is 4.66. The Morgan fingerprint density at radius 1 is 1.21 bits per heavy atom. The number of carbonyl (C=O) groups is 1. The number of carbonyl (C=O) groups excluding carboxylic acids is 1. The molecule has 4 nitrogen and oxygen atoms in total. The molecule has 0 aliphatic heterocycles. The third-order valence-electron chi connectivity index (χ3n) is 3.81. The molecule has 1 fully saturated rings. The van der Waals surface area contributed by atoms with Crippen LogP contribution in [0.2, 0.25) is 0 Å². The van der Waals surface area contributed by atoms with Gasteiger partial charge in [0.15, 0.2) is 0 Å². The minimum atomic E-state index is -0.177. The highest BCUT2D eigenvalue weighted by Crippen LogP contribution is 2.27. The van der Waals surface area contributed by atoms with Gasteiger partial charge < -0.3 is 15.7 Å². The van der Waals surface area contributed by atoms with E-state index in [0.717, 1.165) is 12.5 Å². The van der Waals surface area contributed by atoms with E-state index >= 15 is 0 Å². The average molecular weight is 262 g/mol. The van der Waals surface area contributed by atoms with E-state index in [1.54, 1.807) is 24.3 Å². The summed E-state index contributed by atoms with van der Waals surface area (Å²) in [5, 5.41) is 14.8. The number of nitrogens with one attached hydrogen (secondary N) is 2. The van der Waals surface area contributed by atoms with Crippen molar-refractivity contribution in [3.63, 3.8) is 0 Å². The quantitative estimate of drug-likeness (QED) is 0.732. The summed E-state index contributed by atoms with van der Waals surface area (Å²) in [7, 11) is 0. The predicted octanol–water partition coefficient (Wildman–Crippen LogP) is 3.34. The zero-order valence-electron chi connectivity index (χ0n) is 11.4. The minimum Gasteiger partial charge on any atom is -0.508 e. The van der Waals surface area contributed by atoms with Gasteiger partial charge in [0.2, 0.25) is 0 Å². The first-order valence-electron chi connectivity index (χ1n) is 6.97. The lowest BCUT2D eigenvalue weighted by Gasteiger charge is -2.26. The van der Waals surface area contributed by atoms with Crippen molar-refractivity contribution in [3.05, 3.63) is 24.3 Å². The first kappa shape index (κ1) is 13.7. The Morgan fingerprint density at radius 3 is 2.47 bits per heavy atom. The Labute approximate surface area is 114 Å². The molecule has 2 amide bonds. The van der Waals surface area contributed by atoms with Gasteiger partial charge in [-0.15, -0.1) is 0 Å². The number of phenolic OH excluding ortho intramolecular Hbond substituents is 1. The number of hydrogen-bond acceptors (Lipinski definition) is 2. The molecule has 4 heteroatoms. The lowest BCUT2D eigenvalue weighted by molar-refractivity contribution is 0.243. The maximum Gasteiger partial charge on any atom is 0.319 e. The van der Waals surface area contributed by atoms with Crippen molar-refractivity contribution in [1.29, 1.82) is 0 Å². The molecule has 0 bridgehead atoms. The molecule has 0 unspecified atom stereocenters. The number of aromatic hydroxyl groups is 1. The van der Waals surface area contributed by atoms with Gasteiger partial charge >= 0.3 is 6.03 Å². The molecule has 1 aromatic carbocycles. The van der Waals surface area contributed by atoms with Gasteiger partial charge in [-0.05, 0) is 48.9 Å². The summed E-state index contributed by atoms with van der Waals surface area (Å²) < 4.78 is 0. The summed E-state index contributed by atoms with van der Waals surface area (Å²) in [5.41, 5.74) is 0.688. The molecule has 1 aromatic rings. The zero-order valence-corrected chi connectivity index (χ0v) is 11.4. The highest BCUT2D eigenvalue weighted by Gasteiger charge is 2.18. The maximum atomic E-state index is 11.7. The fourth-order valence-corrected chi connectivity index (χ4v) is 2.49. The fourth-order valence-electron chi connectivity index (χ4n) is 2.49. The van der Waals surface area contributed by atoms with Crippen LogP contribution in [0.25, 0.3) is 0 Å². The standard InChI is InChI=1S/C15H22N2O2/c1-11-2-4-12(5-3-11)10-16-15(19)17-13-6-8-14(18)9-7-13/h6-9,11-12,18H,2-5,10H2,1H3,(H2,16,17,19). The number of urea groups is 1. The third-order valence-corrected chi connectivity index (χ3v) is 3.81. The van der Waals surface area contributed by atoms with Crippen LogP contribution in [0.4, 0.5) is 10.5 Å². The molecule has 3 N–H and O–H groups in total. The number of phenols is 1. The smallest absolute Gasteiger partial charge is 0.319 e. The van der Waals surface area contributed by atoms with Gasteiger partial charge in [0.05, 0.1) is 0 Å². The van der Waals surface area contributed by atoms with Gasteiger partial charge in [0, 0.05) is 12.2 Å². The Hall–Kier alpha value is -1.71. The molecule has 0 heterocycles. The van der Waals surface area contributed by atoms with Crippen molar-refractivity contribution >= 4 is 11.7 Å². The van der Waals surface area contributed by atoms with Crippen LogP contribution >= 0.6 is 0 Å². The lowest BCUT2D eigenvalue weighted by atomic mass is 9.83. The van der Waals surface area contributed by atoms with Crippen LogP contribution < -0.4 is 10.6 Å². The number of rotatable bonds is 3. The molecular weight excluding hydrogens is 240 g/mol. The zero-order chi connectivity index (χ0) is 13.7. The second kappa shape index (κ2) is 6.45. The van der Waals surface area contributed by atoms with E-state index in [1.165, 1.54) is 25.7 Å². The molecule has 0 radical (unpaired) electrons. The van der Waals surface area contributed by atoms with Crippen LogP contribution in [-0.2, 0) is 0 Å². The Bertz CT molecular complexity index is 409. The third kappa shape index (κ3) is 4.47. The van der Waals surface area contributed by atoms with Gasteiger partial charge in [-0.1, -0.05) is 19.8 Å². The van der Waals surface area contributed by atoms with E-state index in [9.17, 15) is 4.79 Å². The van der Waals surface area contributed by atoms with Crippen LogP contribution in [0.3, 0.4) is 0 Å². The lowest BCUT2D eigenvalue weighted by Crippen LogP contribution is -2.34. The molecule has 0 spiro atoms. The molecular formula is C15H22N2O2. The number of benzene rings is 1. The largest absolute Gasteiger partial charge is 0.508 e. The van der Waals surface area contributed by atoms with Gasteiger partial charge in [-0.2, -0.15) is 0 Å². The normalized spacial score (nSPS) is 22.8. The summed E-state index contributed by atoms with van der Waals surface area (Å²) in [4.78, 5) is 11.7. The van der Waals surface area contributed by atoms with Crippen molar-refractivity contribution in [2.45, 2.75) is 32.6 Å². The highest BCUT2D eigenvalue weighted by molar-refractivity contribution is 5.89. The van der Waals surface area contributed by atoms with Crippen LogP contribution in [0.1, 0.15) is 32.6 Å².